The summed E-state index contributed by atoms with van der Waals surface area (Å²) < 4.78 is 2.34. The third-order valence-electron chi connectivity index (χ3n) is 11.0. The van der Waals surface area contributed by atoms with Gasteiger partial charge in [-0.15, -0.1) is 0 Å². The zero-order chi connectivity index (χ0) is 36.3. The van der Waals surface area contributed by atoms with Crippen molar-refractivity contribution in [3.05, 3.63) is 211 Å². The van der Waals surface area contributed by atoms with E-state index in [1.165, 1.54) is 59.7 Å². The number of aromatic nitrogens is 1. The minimum absolute atomic E-state index is 0.421. The van der Waals surface area contributed by atoms with Crippen molar-refractivity contribution in [2.75, 3.05) is 0 Å². The van der Waals surface area contributed by atoms with Crippen LogP contribution in [0.5, 0.6) is 0 Å². The summed E-state index contributed by atoms with van der Waals surface area (Å²) in [4.78, 5) is 10.5. The van der Waals surface area contributed by atoms with Gasteiger partial charge in [-0.1, -0.05) is 152 Å². The Morgan fingerprint density at radius 1 is 0.382 bits per heavy atom. The molecule has 1 aromatic heterocycles. The van der Waals surface area contributed by atoms with Crippen molar-refractivity contribution >= 4 is 65.8 Å². The SMILES string of the molecule is c1ccc(C2=NC(c3ccc(-c4c5ccccc5cc5c4ccc4ccccc45)cc3)N=C(c3ccc4c(c3)c3ccccc3n4-c3ccccc3)N2)cc1. The Hall–Kier alpha value is -7.30. The number of nitrogens with zero attached hydrogens (tertiary/aromatic N) is 3. The van der Waals surface area contributed by atoms with Crippen LogP contribution in [0.25, 0.3) is 70.9 Å². The molecule has 9 aromatic carbocycles. The van der Waals surface area contributed by atoms with Crippen molar-refractivity contribution in [3.8, 4) is 16.8 Å². The van der Waals surface area contributed by atoms with E-state index in [1.54, 1.807) is 0 Å². The highest BCUT2D eigenvalue weighted by Gasteiger charge is 2.22. The number of para-hydroxylation sites is 2. The molecule has 11 rings (SSSR count). The highest BCUT2D eigenvalue weighted by Crippen LogP contribution is 2.40. The topological polar surface area (TPSA) is 41.7 Å². The van der Waals surface area contributed by atoms with Gasteiger partial charge < -0.3 is 9.88 Å². The molecule has 4 heteroatoms. The quantitative estimate of drug-likeness (QED) is 0.141. The van der Waals surface area contributed by atoms with Crippen LogP contribution in [0.15, 0.2) is 204 Å². The number of rotatable bonds is 5. The maximum absolute atomic E-state index is 5.30. The van der Waals surface area contributed by atoms with Gasteiger partial charge >= 0.3 is 0 Å². The van der Waals surface area contributed by atoms with Crippen molar-refractivity contribution in [3.63, 3.8) is 0 Å². The molecule has 0 bridgehead atoms. The second kappa shape index (κ2) is 12.7. The summed E-state index contributed by atoms with van der Waals surface area (Å²) in [6.07, 6.45) is -0.421. The average molecular weight is 703 g/mol. The maximum Gasteiger partial charge on any atom is 0.169 e. The first kappa shape index (κ1) is 31.2. The zero-order valence-corrected chi connectivity index (χ0v) is 29.9. The summed E-state index contributed by atoms with van der Waals surface area (Å²) in [6, 6.07) is 69.3. The van der Waals surface area contributed by atoms with Crippen LogP contribution in [0, 0.1) is 0 Å². The van der Waals surface area contributed by atoms with Crippen LogP contribution in [-0.2, 0) is 0 Å². The molecule has 1 N–H and O–H groups in total. The number of fused-ring (bicyclic) bond motifs is 7. The molecule has 0 amide bonds. The van der Waals surface area contributed by atoms with Gasteiger partial charge in [-0.3, -0.25) is 0 Å². The van der Waals surface area contributed by atoms with E-state index in [1.807, 2.05) is 6.07 Å². The van der Waals surface area contributed by atoms with Gasteiger partial charge in [0.25, 0.3) is 0 Å². The van der Waals surface area contributed by atoms with E-state index in [2.05, 4.69) is 198 Å². The second-order valence-electron chi connectivity index (χ2n) is 14.2. The molecule has 1 unspecified atom stereocenters. The summed E-state index contributed by atoms with van der Waals surface area (Å²) in [6.45, 7) is 0. The Morgan fingerprint density at radius 2 is 1.00 bits per heavy atom. The molecule has 1 aliphatic heterocycles. The maximum atomic E-state index is 5.30. The Labute approximate surface area is 318 Å². The van der Waals surface area contributed by atoms with Crippen LogP contribution in [-0.4, -0.2) is 16.2 Å². The van der Waals surface area contributed by atoms with Gasteiger partial charge in [0.15, 0.2) is 6.17 Å². The molecule has 4 nitrogen and oxygen atoms in total. The monoisotopic (exact) mass is 702 g/mol. The second-order valence-corrected chi connectivity index (χ2v) is 14.2. The molecule has 1 aliphatic rings. The van der Waals surface area contributed by atoms with E-state index < -0.39 is 6.17 Å². The Balaban J connectivity index is 1.04. The average Bonchev–Trinajstić information content (AvgIpc) is 3.60. The van der Waals surface area contributed by atoms with E-state index >= 15 is 0 Å². The highest BCUT2D eigenvalue weighted by molar-refractivity contribution is 6.21. The summed E-state index contributed by atoms with van der Waals surface area (Å²) in [5, 5.41) is 13.5. The van der Waals surface area contributed by atoms with Crippen LogP contribution in [0.1, 0.15) is 22.9 Å². The van der Waals surface area contributed by atoms with Crippen molar-refractivity contribution in [1.29, 1.82) is 0 Å². The van der Waals surface area contributed by atoms with Gasteiger partial charge in [0.05, 0.1) is 11.0 Å². The van der Waals surface area contributed by atoms with Crippen LogP contribution in [0.3, 0.4) is 0 Å². The molecule has 0 fully saturated rings. The Morgan fingerprint density at radius 3 is 1.80 bits per heavy atom. The molecule has 10 aromatic rings. The lowest BCUT2D eigenvalue weighted by Gasteiger charge is -2.23. The number of hydrogen-bond acceptors (Lipinski definition) is 3. The molecule has 0 saturated carbocycles. The lowest BCUT2D eigenvalue weighted by molar-refractivity contribution is 0.756. The summed E-state index contributed by atoms with van der Waals surface area (Å²) in [5.41, 5.74) is 8.97. The van der Waals surface area contributed by atoms with Crippen LogP contribution >= 0.6 is 0 Å². The molecule has 0 radical (unpaired) electrons. The molecule has 258 valence electrons. The molecular formula is C51H34N4. The van der Waals surface area contributed by atoms with Crippen molar-refractivity contribution in [2.24, 2.45) is 9.98 Å². The van der Waals surface area contributed by atoms with Gasteiger partial charge in [-0.25, -0.2) is 9.98 Å². The first-order chi connectivity index (χ1) is 27.3. The normalized spacial score (nSPS) is 14.4. The van der Waals surface area contributed by atoms with Gasteiger partial charge in [0.1, 0.15) is 11.7 Å². The smallest absolute Gasteiger partial charge is 0.169 e. The molecule has 0 aliphatic carbocycles. The fourth-order valence-electron chi connectivity index (χ4n) is 8.42. The first-order valence-corrected chi connectivity index (χ1v) is 18.8. The molecule has 0 spiro atoms. The third kappa shape index (κ3) is 5.22. The number of nitrogens with one attached hydrogen (secondary N) is 1. The van der Waals surface area contributed by atoms with Crippen molar-refractivity contribution in [1.82, 2.24) is 9.88 Å². The zero-order valence-electron chi connectivity index (χ0n) is 29.9. The standard InChI is InChI=1S/C51H34N4/c1-3-14-35(15-4-1)49-52-50(54-51(53-49)38-28-30-47-45(32-38)42-21-11-12-22-46(42)55(47)39-17-5-2-6-18-39)36-25-23-34(24-26-36)48-41-20-10-8-16-37(41)31-44-40-19-9-7-13-33(40)27-29-43(44)48/h1-32,50H,(H,52,53,54). The van der Waals surface area contributed by atoms with Crippen LogP contribution < -0.4 is 5.32 Å². The predicted octanol–water partition coefficient (Wildman–Crippen LogP) is 12.4. The van der Waals surface area contributed by atoms with Crippen LogP contribution in [0.2, 0.25) is 0 Å². The molecule has 1 atom stereocenters. The molecule has 2 heterocycles. The fourth-order valence-corrected chi connectivity index (χ4v) is 8.42. The number of aliphatic imine (C=N–C) groups is 2. The number of amidine groups is 2. The summed E-state index contributed by atoms with van der Waals surface area (Å²) >= 11 is 0. The lowest BCUT2D eigenvalue weighted by Crippen LogP contribution is -2.36. The first-order valence-electron chi connectivity index (χ1n) is 18.8. The van der Waals surface area contributed by atoms with Gasteiger partial charge in [-0.05, 0) is 91.5 Å². The minimum atomic E-state index is -0.421. The Bertz CT molecular complexity index is 3160. The summed E-state index contributed by atoms with van der Waals surface area (Å²) in [7, 11) is 0. The third-order valence-corrected chi connectivity index (χ3v) is 11.0. The van der Waals surface area contributed by atoms with Crippen molar-refractivity contribution in [2.45, 2.75) is 6.17 Å². The van der Waals surface area contributed by atoms with Gasteiger partial charge in [-0.2, -0.15) is 0 Å². The van der Waals surface area contributed by atoms with E-state index in [0.29, 0.717) is 0 Å². The highest BCUT2D eigenvalue weighted by atomic mass is 15.2. The number of hydrogen-bond donors (Lipinski definition) is 1. The van der Waals surface area contributed by atoms with E-state index in [-0.39, 0.29) is 0 Å². The predicted molar refractivity (Wildman–Crippen MR) is 231 cm³/mol. The molecular weight excluding hydrogens is 669 g/mol. The van der Waals surface area contributed by atoms with Gasteiger partial charge in [0.2, 0.25) is 0 Å². The minimum Gasteiger partial charge on any atom is -0.324 e. The lowest BCUT2D eigenvalue weighted by atomic mass is 9.89. The summed E-state index contributed by atoms with van der Waals surface area (Å²) in [5.74, 6) is 1.60. The van der Waals surface area contributed by atoms with Crippen LogP contribution in [0.4, 0.5) is 0 Å². The fraction of sp³-hybridized carbons (Fsp3) is 0.0196. The van der Waals surface area contributed by atoms with Gasteiger partial charge in [0, 0.05) is 27.6 Å². The largest absolute Gasteiger partial charge is 0.324 e. The van der Waals surface area contributed by atoms with E-state index in [4.69, 9.17) is 9.98 Å². The number of benzene rings is 9. The van der Waals surface area contributed by atoms with E-state index in [0.717, 1.165) is 39.6 Å². The van der Waals surface area contributed by atoms with E-state index in [9.17, 15) is 0 Å². The van der Waals surface area contributed by atoms with Crippen molar-refractivity contribution < 1.29 is 0 Å². The molecule has 0 saturated heterocycles. The molecule has 55 heavy (non-hydrogen) atoms. The Kier molecular flexibility index (Phi) is 7.20.